The Kier molecular flexibility index (Phi) is 4.61. The lowest BCUT2D eigenvalue weighted by molar-refractivity contribution is 0.0695. The first-order chi connectivity index (χ1) is 14.2. The highest BCUT2D eigenvalue weighted by atomic mass is 19.1. The standard InChI is InChI=1S/C19H15F3N4O4/c20-11-3-9-14(5-15(11)25-2-1-8(27)6-25)26(7-10(16(9)28)19(29)30)18-13(22)4-12(21)17(23)24-18/h3-5,7-8,27H,1-2,6H2,(H2,23,24)(H,29,30). The predicted octanol–water partition coefficient (Wildman–Crippen LogP) is 1.65. The van der Waals surface area contributed by atoms with Gasteiger partial charge in [0.2, 0.25) is 5.43 Å². The molecule has 0 saturated carbocycles. The number of nitrogens with zero attached hydrogens (tertiary/aromatic N) is 3. The largest absolute Gasteiger partial charge is 0.477 e. The highest BCUT2D eigenvalue weighted by Gasteiger charge is 2.26. The van der Waals surface area contributed by atoms with Gasteiger partial charge in [0.1, 0.15) is 11.4 Å². The van der Waals surface area contributed by atoms with Gasteiger partial charge in [0.05, 0.1) is 22.7 Å². The minimum atomic E-state index is -1.61. The van der Waals surface area contributed by atoms with E-state index in [0.29, 0.717) is 19.0 Å². The summed E-state index contributed by atoms with van der Waals surface area (Å²) in [5.74, 6) is -5.89. The fraction of sp³-hybridized carbons (Fsp3) is 0.211. The maximum absolute atomic E-state index is 14.8. The number of aliphatic hydroxyl groups excluding tert-OH is 1. The van der Waals surface area contributed by atoms with Crippen molar-refractivity contribution in [3.8, 4) is 5.82 Å². The number of carboxylic acids is 1. The van der Waals surface area contributed by atoms with Crippen LogP contribution in [-0.4, -0.2) is 44.9 Å². The van der Waals surface area contributed by atoms with Gasteiger partial charge in [-0.25, -0.2) is 22.9 Å². The second-order valence-electron chi connectivity index (χ2n) is 6.92. The van der Waals surface area contributed by atoms with Crippen molar-refractivity contribution < 1.29 is 28.2 Å². The van der Waals surface area contributed by atoms with E-state index in [-0.39, 0.29) is 23.1 Å². The van der Waals surface area contributed by atoms with Crippen LogP contribution >= 0.6 is 0 Å². The number of hydrogen-bond acceptors (Lipinski definition) is 6. The van der Waals surface area contributed by atoms with Crippen molar-refractivity contribution in [2.24, 2.45) is 0 Å². The molecule has 1 fully saturated rings. The molecule has 3 heterocycles. The summed E-state index contributed by atoms with van der Waals surface area (Å²) in [6.45, 7) is 0.493. The van der Waals surface area contributed by atoms with Gasteiger partial charge < -0.3 is 20.8 Å². The Morgan fingerprint density at radius 2 is 1.90 bits per heavy atom. The molecule has 8 nitrogen and oxygen atoms in total. The van der Waals surface area contributed by atoms with E-state index in [0.717, 1.165) is 16.8 Å². The molecule has 0 radical (unpaired) electrons. The van der Waals surface area contributed by atoms with Crippen molar-refractivity contribution in [1.29, 1.82) is 0 Å². The third kappa shape index (κ3) is 3.12. The third-order valence-electron chi connectivity index (χ3n) is 4.97. The van der Waals surface area contributed by atoms with Crippen LogP contribution in [0.1, 0.15) is 16.8 Å². The first kappa shape index (κ1) is 19.7. The minimum Gasteiger partial charge on any atom is -0.477 e. The van der Waals surface area contributed by atoms with Crippen molar-refractivity contribution in [3.63, 3.8) is 0 Å². The number of rotatable bonds is 3. The highest BCUT2D eigenvalue weighted by Crippen LogP contribution is 2.30. The molecule has 1 aliphatic heterocycles. The zero-order valence-electron chi connectivity index (χ0n) is 15.3. The number of aliphatic hydroxyl groups is 1. The van der Waals surface area contributed by atoms with E-state index in [1.54, 1.807) is 4.90 Å². The summed E-state index contributed by atoms with van der Waals surface area (Å²) in [5, 5.41) is 18.8. The SMILES string of the molecule is Nc1nc(-n2cc(C(=O)O)c(=O)c3cc(F)c(N4CCC(O)C4)cc32)c(F)cc1F. The number of carboxylic acid groups (broad SMARTS) is 1. The number of fused-ring (bicyclic) bond motifs is 1. The molecule has 4 N–H and O–H groups in total. The average Bonchev–Trinajstić information content (AvgIpc) is 3.11. The van der Waals surface area contributed by atoms with Crippen LogP contribution in [0.15, 0.2) is 29.2 Å². The molecule has 1 unspecified atom stereocenters. The number of benzene rings is 1. The topological polar surface area (TPSA) is 122 Å². The molecule has 0 aliphatic carbocycles. The molecular weight excluding hydrogens is 405 g/mol. The van der Waals surface area contributed by atoms with Crippen molar-refractivity contribution in [2.75, 3.05) is 23.7 Å². The van der Waals surface area contributed by atoms with Crippen LogP contribution in [-0.2, 0) is 0 Å². The van der Waals surface area contributed by atoms with Crippen molar-refractivity contribution in [2.45, 2.75) is 12.5 Å². The molecular formula is C19H15F3N4O4. The number of pyridine rings is 2. The van der Waals surface area contributed by atoms with E-state index in [2.05, 4.69) is 4.98 Å². The molecule has 0 spiro atoms. The first-order valence-electron chi connectivity index (χ1n) is 8.84. The Bertz CT molecular complexity index is 1260. The van der Waals surface area contributed by atoms with Crippen LogP contribution in [0.25, 0.3) is 16.7 Å². The molecule has 11 heteroatoms. The molecule has 156 valence electrons. The predicted molar refractivity (Wildman–Crippen MR) is 101 cm³/mol. The zero-order valence-corrected chi connectivity index (χ0v) is 15.3. The van der Waals surface area contributed by atoms with Crippen LogP contribution in [0.2, 0.25) is 0 Å². The van der Waals surface area contributed by atoms with Gasteiger partial charge in [0.25, 0.3) is 0 Å². The van der Waals surface area contributed by atoms with Gasteiger partial charge in [-0.3, -0.25) is 9.36 Å². The van der Waals surface area contributed by atoms with Crippen LogP contribution < -0.4 is 16.1 Å². The average molecular weight is 420 g/mol. The van der Waals surface area contributed by atoms with Crippen LogP contribution in [0.3, 0.4) is 0 Å². The summed E-state index contributed by atoms with van der Waals surface area (Å²) in [6, 6.07) is 2.56. The van der Waals surface area contributed by atoms with Crippen LogP contribution in [0.4, 0.5) is 24.7 Å². The number of halogens is 3. The summed E-state index contributed by atoms with van der Waals surface area (Å²) >= 11 is 0. The summed E-state index contributed by atoms with van der Waals surface area (Å²) in [6.07, 6.45) is 0.580. The lowest BCUT2D eigenvalue weighted by Crippen LogP contribution is -2.24. The summed E-state index contributed by atoms with van der Waals surface area (Å²) < 4.78 is 43.7. The number of β-amino-alcohol motifs (C(OH)–C–C–N with tert-alkyl or cyclic N) is 1. The van der Waals surface area contributed by atoms with Gasteiger partial charge in [0.15, 0.2) is 23.3 Å². The molecule has 0 amide bonds. The molecule has 3 aromatic rings. The molecule has 30 heavy (non-hydrogen) atoms. The Morgan fingerprint density at radius 3 is 2.53 bits per heavy atom. The second kappa shape index (κ2) is 7.02. The van der Waals surface area contributed by atoms with E-state index in [9.17, 15) is 33.0 Å². The van der Waals surface area contributed by atoms with Crippen molar-refractivity contribution in [3.05, 3.63) is 57.6 Å². The normalized spacial score (nSPS) is 16.4. The van der Waals surface area contributed by atoms with Crippen molar-refractivity contribution in [1.82, 2.24) is 9.55 Å². The molecule has 1 aromatic carbocycles. The lowest BCUT2D eigenvalue weighted by atomic mass is 10.1. The quantitative estimate of drug-likeness (QED) is 0.589. The molecule has 2 aromatic heterocycles. The number of aromatic nitrogens is 2. The molecule has 1 aliphatic rings. The Morgan fingerprint density at radius 1 is 1.17 bits per heavy atom. The van der Waals surface area contributed by atoms with E-state index < -0.39 is 52.2 Å². The number of nitrogens with two attached hydrogens (primary N) is 1. The highest BCUT2D eigenvalue weighted by molar-refractivity contribution is 5.94. The number of aromatic carboxylic acids is 1. The van der Waals surface area contributed by atoms with Crippen LogP contribution in [0, 0.1) is 17.5 Å². The van der Waals surface area contributed by atoms with E-state index in [1.807, 2.05) is 0 Å². The van der Waals surface area contributed by atoms with E-state index in [1.165, 1.54) is 6.07 Å². The number of anilines is 2. The zero-order chi connectivity index (χ0) is 21.7. The van der Waals surface area contributed by atoms with Crippen molar-refractivity contribution >= 4 is 28.4 Å². The van der Waals surface area contributed by atoms with Gasteiger partial charge in [-0.15, -0.1) is 0 Å². The summed E-state index contributed by atoms with van der Waals surface area (Å²) in [7, 11) is 0. The first-order valence-corrected chi connectivity index (χ1v) is 8.84. The fourth-order valence-corrected chi connectivity index (χ4v) is 3.50. The maximum Gasteiger partial charge on any atom is 0.341 e. The fourth-order valence-electron chi connectivity index (χ4n) is 3.50. The van der Waals surface area contributed by atoms with Gasteiger partial charge in [-0.05, 0) is 18.6 Å². The number of nitrogen functional groups attached to an aromatic ring is 1. The Hall–Kier alpha value is -3.60. The maximum atomic E-state index is 14.8. The van der Waals surface area contributed by atoms with Crippen LogP contribution in [0.5, 0.6) is 0 Å². The minimum absolute atomic E-state index is 0.0331. The summed E-state index contributed by atoms with van der Waals surface area (Å²) in [4.78, 5) is 29.3. The number of hydrogen-bond donors (Lipinski definition) is 3. The molecule has 0 bridgehead atoms. The van der Waals surface area contributed by atoms with Gasteiger partial charge in [0, 0.05) is 25.4 Å². The number of carbonyl (C=O) groups is 1. The smallest absolute Gasteiger partial charge is 0.341 e. The van der Waals surface area contributed by atoms with Gasteiger partial charge in [-0.2, -0.15) is 0 Å². The summed E-state index contributed by atoms with van der Waals surface area (Å²) in [5.41, 5.74) is 3.67. The van der Waals surface area contributed by atoms with Gasteiger partial charge in [-0.1, -0.05) is 0 Å². The molecule has 4 rings (SSSR count). The molecule has 1 saturated heterocycles. The Labute approximate surface area is 166 Å². The van der Waals surface area contributed by atoms with E-state index >= 15 is 0 Å². The lowest BCUT2D eigenvalue weighted by Gasteiger charge is -2.21. The monoisotopic (exact) mass is 420 g/mol. The Balaban J connectivity index is 2.07. The van der Waals surface area contributed by atoms with Gasteiger partial charge >= 0.3 is 5.97 Å². The third-order valence-corrected chi connectivity index (χ3v) is 4.97. The second-order valence-corrected chi connectivity index (χ2v) is 6.92. The molecule has 1 atom stereocenters. The van der Waals surface area contributed by atoms with E-state index in [4.69, 9.17) is 5.73 Å².